The van der Waals surface area contributed by atoms with Crippen molar-refractivity contribution in [2.75, 3.05) is 0 Å². The van der Waals surface area contributed by atoms with Gasteiger partial charge in [0.15, 0.2) is 0 Å². The van der Waals surface area contributed by atoms with E-state index in [0.717, 1.165) is 10.1 Å². The van der Waals surface area contributed by atoms with Gasteiger partial charge in [0.2, 0.25) is 5.52 Å². The minimum Gasteiger partial charge on any atom is -0.617 e. The Balaban J connectivity index is 0.000000845. The molecule has 1 aromatic carbocycles. The van der Waals surface area contributed by atoms with Crippen LogP contribution in [0.1, 0.15) is 0 Å². The predicted octanol–water partition coefficient (Wildman–Crippen LogP) is 2.55. The summed E-state index contributed by atoms with van der Waals surface area (Å²) in [4.78, 5) is 0. The molecule has 13 heavy (non-hydrogen) atoms. The van der Waals surface area contributed by atoms with E-state index in [1.807, 2.05) is 24.3 Å². The van der Waals surface area contributed by atoms with Crippen LogP contribution in [0.25, 0.3) is 10.9 Å². The predicted molar refractivity (Wildman–Crippen MR) is 55.2 cm³/mol. The van der Waals surface area contributed by atoms with E-state index in [0.29, 0.717) is 5.52 Å². The monoisotopic (exact) mass is 215 g/mol. The van der Waals surface area contributed by atoms with Crippen LogP contribution in [0, 0.1) is 5.21 Å². The molecule has 0 unspecified atom stereocenters. The molecule has 1 heterocycles. The standard InChI is InChI=1S/C9H6ClNO.ClH/c10-9-6-5-7-3-1-2-4-8(7)11(9)12;/h1-6H;1H. The maximum atomic E-state index is 11.3. The van der Waals surface area contributed by atoms with Crippen LogP contribution in [-0.2, 0) is 0 Å². The third kappa shape index (κ3) is 1.69. The van der Waals surface area contributed by atoms with Crippen LogP contribution in [0.2, 0.25) is 5.15 Å². The smallest absolute Gasteiger partial charge is 0.286 e. The number of nitrogens with zero attached hydrogens (tertiary/aromatic N) is 1. The molecule has 2 nitrogen and oxygen atoms in total. The summed E-state index contributed by atoms with van der Waals surface area (Å²) in [7, 11) is 0. The fourth-order valence-electron chi connectivity index (χ4n) is 1.15. The van der Waals surface area contributed by atoms with E-state index in [2.05, 4.69) is 0 Å². The van der Waals surface area contributed by atoms with E-state index < -0.39 is 0 Å². The van der Waals surface area contributed by atoms with Gasteiger partial charge in [0, 0.05) is 17.5 Å². The second-order valence-electron chi connectivity index (χ2n) is 2.51. The van der Waals surface area contributed by atoms with Crippen molar-refractivity contribution in [1.82, 2.24) is 0 Å². The number of hydrogen-bond donors (Lipinski definition) is 0. The van der Waals surface area contributed by atoms with Crippen molar-refractivity contribution in [3.8, 4) is 0 Å². The lowest BCUT2D eigenvalue weighted by Crippen LogP contribution is -2.28. The minimum atomic E-state index is 0. The van der Waals surface area contributed by atoms with Crippen LogP contribution in [0.3, 0.4) is 0 Å². The highest BCUT2D eigenvalue weighted by Gasteiger charge is 2.05. The Labute approximate surface area is 86.7 Å². The quantitative estimate of drug-likeness (QED) is 0.377. The number of benzene rings is 1. The number of halogens is 2. The van der Waals surface area contributed by atoms with E-state index in [-0.39, 0.29) is 17.6 Å². The molecule has 1 aromatic heterocycles. The van der Waals surface area contributed by atoms with Crippen molar-refractivity contribution in [2.45, 2.75) is 0 Å². The SMILES string of the molecule is Cl.[O-][n+]1c(Cl)ccc2ccccc21. The third-order valence-electron chi connectivity index (χ3n) is 1.75. The van der Waals surface area contributed by atoms with Gasteiger partial charge < -0.3 is 5.21 Å². The van der Waals surface area contributed by atoms with Crippen LogP contribution in [-0.4, -0.2) is 0 Å². The van der Waals surface area contributed by atoms with Crippen molar-refractivity contribution in [3.63, 3.8) is 0 Å². The van der Waals surface area contributed by atoms with Crippen molar-refractivity contribution < 1.29 is 4.73 Å². The molecule has 0 aliphatic carbocycles. The number of aromatic nitrogens is 1. The molecule has 0 saturated heterocycles. The van der Waals surface area contributed by atoms with Crippen LogP contribution in [0.4, 0.5) is 0 Å². The number of para-hydroxylation sites is 1. The first-order valence-corrected chi connectivity index (χ1v) is 3.93. The van der Waals surface area contributed by atoms with Gasteiger partial charge in [-0.25, -0.2) is 0 Å². The number of rotatable bonds is 0. The zero-order chi connectivity index (χ0) is 8.55. The first-order valence-electron chi connectivity index (χ1n) is 3.56. The Hall–Kier alpha value is -0.990. The topological polar surface area (TPSA) is 26.9 Å². The summed E-state index contributed by atoms with van der Waals surface area (Å²) in [5.74, 6) is 0. The molecule has 0 aliphatic rings. The molecule has 0 atom stereocenters. The molecule has 0 bridgehead atoms. The summed E-state index contributed by atoms with van der Waals surface area (Å²) in [6.45, 7) is 0. The second-order valence-corrected chi connectivity index (χ2v) is 2.90. The molecule has 0 amide bonds. The van der Waals surface area contributed by atoms with Gasteiger partial charge in [-0.15, -0.1) is 12.4 Å². The van der Waals surface area contributed by atoms with Gasteiger partial charge in [0.25, 0.3) is 5.15 Å². The Bertz CT molecular complexity index is 431. The average molecular weight is 216 g/mol. The first-order chi connectivity index (χ1) is 5.79. The number of fused-ring (bicyclic) bond motifs is 1. The van der Waals surface area contributed by atoms with E-state index in [9.17, 15) is 5.21 Å². The molecular formula is C9H7Cl2NO. The fraction of sp³-hybridized carbons (Fsp3) is 0. The zero-order valence-corrected chi connectivity index (χ0v) is 8.18. The van der Waals surface area contributed by atoms with Crippen LogP contribution >= 0.6 is 24.0 Å². The summed E-state index contributed by atoms with van der Waals surface area (Å²) >= 11 is 5.64. The summed E-state index contributed by atoms with van der Waals surface area (Å²) in [6, 6.07) is 10.7. The van der Waals surface area contributed by atoms with Crippen molar-refractivity contribution >= 4 is 34.9 Å². The summed E-state index contributed by atoms with van der Waals surface area (Å²) in [5.41, 5.74) is 0.602. The molecule has 0 aliphatic heterocycles. The molecule has 2 aromatic rings. The first kappa shape index (κ1) is 10.1. The molecule has 0 N–H and O–H groups in total. The average Bonchev–Trinajstić information content (AvgIpc) is 2.12. The van der Waals surface area contributed by atoms with Gasteiger partial charge in [-0.3, -0.25) is 0 Å². The lowest BCUT2D eigenvalue weighted by molar-refractivity contribution is -0.574. The van der Waals surface area contributed by atoms with Gasteiger partial charge in [-0.05, 0) is 23.7 Å². The maximum Gasteiger partial charge on any atom is 0.286 e. The normalized spacial score (nSPS) is 9.62. The Morgan fingerprint density at radius 3 is 2.54 bits per heavy atom. The number of hydrogen-bond acceptors (Lipinski definition) is 1. The fourth-order valence-corrected chi connectivity index (χ4v) is 1.31. The number of pyridine rings is 1. The molecule has 0 fully saturated rings. The van der Waals surface area contributed by atoms with Crippen LogP contribution in [0.15, 0.2) is 36.4 Å². The van der Waals surface area contributed by atoms with Crippen LogP contribution < -0.4 is 4.73 Å². The summed E-state index contributed by atoms with van der Waals surface area (Å²) in [5, 5.41) is 12.4. The molecular weight excluding hydrogens is 209 g/mol. The lowest BCUT2D eigenvalue weighted by Gasteiger charge is -2.01. The molecule has 68 valence electrons. The largest absolute Gasteiger partial charge is 0.617 e. The third-order valence-corrected chi connectivity index (χ3v) is 2.03. The van der Waals surface area contributed by atoms with Crippen LogP contribution in [0.5, 0.6) is 0 Å². The second kappa shape index (κ2) is 3.81. The summed E-state index contributed by atoms with van der Waals surface area (Å²) in [6.07, 6.45) is 0. The van der Waals surface area contributed by atoms with E-state index in [4.69, 9.17) is 11.6 Å². The zero-order valence-electron chi connectivity index (χ0n) is 6.61. The highest BCUT2D eigenvalue weighted by atomic mass is 35.5. The van der Waals surface area contributed by atoms with Gasteiger partial charge in [-0.2, -0.15) is 4.73 Å². The van der Waals surface area contributed by atoms with Gasteiger partial charge in [0.05, 0.1) is 0 Å². The molecule has 0 spiro atoms. The molecule has 0 radical (unpaired) electrons. The van der Waals surface area contributed by atoms with Crippen molar-refractivity contribution in [2.24, 2.45) is 0 Å². The Morgan fingerprint density at radius 2 is 1.77 bits per heavy atom. The highest BCUT2D eigenvalue weighted by molar-refractivity contribution is 6.28. The highest BCUT2D eigenvalue weighted by Crippen LogP contribution is 2.11. The van der Waals surface area contributed by atoms with Gasteiger partial charge in [0.1, 0.15) is 0 Å². The maximum absolute atomic E-state index is 11.3. The molecule has 0 saturated carbocycles. The lowest BCUT2D eigenvalue weighted by atomic mass is 10.2. The Kier molecular flexibility index (Phi) is 2.96. The molecule has 4 heteroatoms. The Morgan fingerprint density at radius 1 is 1.08 bits per heavy atom. The van der Waals surface area contributed by atoms with Crippen molar-refractivity contribution in [3.05, 3.63) is 46.8 Å². The van der Waals surface area contributed by atoms with E-state index in [1.54, 1.807) is 12.1 Å². The molecule has 2 rings (SSSR count). The van der Waals surface area contributed by atoms with Gasteiger partial charge in [-0.1, -0.05) is 12.1 Å². The van der Waals surface area contributed by atoms with E-state index in [1.165, 1.54) is 0 Å². The summed E-state index contributed by atoms with van der Waals surface area (Å²) < 4.78 is 0.719. The van der Waals surface area contributed by atoms with Crippen molar-refractivity contribution in [1.29, 1.82) is 0 Å². The van der Waals surface area contributed by atoms with E-state index >= 15 is 0 Å². The minimum absolute atomic E-state index is 0. The van der Waals surface area contributed by atoms with Gasteiger partial charge >= 0.3 is 0 Å².